The third-order valence-electron chi connectivity index (χ3n) is 2.17. The number of rotatable bonds is 4. The lowest BCUT2D eigenvalue weighted by Crippen LogP contribution is -2.09. The van der Waals surface area contributed by atoms with Crippen molar-refractivity contribution in [3.63, 3.8) is 0 Å². The highest BCUT2D eigenvalue weighted by Crippen LogP contribution is 2.18. The molecule has 0 fully saturated rings. The number of hydrogen-bond acceptors (Lipinski definition) is 1. The number of halogens is 1. The first kappa shape index (κ1) is 11.5. The van der Waals surface area contributed by atoms with Gasteiger partial charge >= 0.3 is 0 Å². The van der Waals surface area contributed by atoms with Gasteiger partial charge in [-0.3, -0.25) is 0 Å². The van der Waals surface area contributed by atoms with Crippen LogP contribution in [0.2, 0.25) is 0 Å². The van der Waals surface area contributed by atoms with Crippen molar-refractivity contribution in [1.29, 1.82) is 0 Å². The molecular weight excluding hydrogens is 194 g/mol. The minimum Gasteiger partial charge on any atom is -0.301 e. The third-order valence-corrected chi connectivity index (χ3v) is 2.64. The van der Waals surface area contributed by atoms with E-state index in [0.717, 1.165) is 12.0 Å². The Morgan fingerprint density at radius 3 is 2.21 bits per heavy atom. The largest absolute Gasteiger partial charge is 0.301 e. The molecule has 1 atom stereocenters. The van der Waals surface area contributed by atoms with Crippen LogP contribution in [0.5, 0.6) is 0 Å². The second-order valence-corrected chi connectivity index (χ2v) is 4.43. The van der Waals surface area contributed by atoms with Gasteiger partial charge in [-0.1, -0.05) is 38.1 Å². The van der Waals surface area contributed by atoms with E-state index in [1.807, 2.05) is 7.05 Å². The molecule has 0 aliphatic rings. The topological polar surface area (TPSA) is 12.0 Å². The van der Waals surface area contributed by atoms with E-state index >= 15 is 0 Å². The van der Waals surface area contributed by atoms with Gasteiger partial charge in [0.25, 0.3) is 0 Å². The maximum absolute atomic E-state index is 6.04. The van der Waals surface area contributed by atoms with Crippen LogP contribution in [0.4, 0.5) is 0 Å². The van der Waals surface area contributed by atoms with E-state index in [4.69, 9.17) is 11.6 Å². The Hall–Kier alpha value is -0.530. The van der Waals surface area contributed by atoms with E-state index in [1.165, 1.54) is 5.56 Å². The summed E-state index contributed by atoms with van der Waals surface area (Å²) >= 11 is 6.04. The molecule has 1 aromatic rings. The molecule has 0 heterocycles. The Kier molecular flexibility index (Phi) is 4.43. The van der Waals surface area contributed by atoms with Crippen molar-refractivity contribution in [3.05, 3.63) is 35.4 Å². The van der Waals surface area contributed by atoms with Crippen molar-refractivity contribution in [2.24, 2.45) is 5.92 Å². The predicted molar refractivity (Wildman–Crippen MR) is 62.6 cm³/mol. The average Bonchev–Trinajstić information content (AvgIpc) is 2.17. The zero-order chi connectivity index (χ0) is 10.6. The molecule has 0 amide bonds. The van der Waals surface area contributed by atoms with Crippen LogP contribution in [0, 0.1) is 5.92 Å². The van der Waals surface area contributed by atoms with Gasteiger partial charge in [0, 0.05) is 0 Å². The van der Waals surface area contributed by atoms with Gasteiger partial charge in [-0.15, -0.1) is 11.6 Å². The summed E-state index contributed by atoms with van der Waals surface area (Å²) in [4.78, 5) is 0. The van der Waals surface area contributed by atoms with Crippen LogP contribution >= 0.6 is 11.6 Å². The SMILES string of the molecule is CNC(Cl)c1ccc(CC(C)C)cc1. The molecule has 2 heteroatoms. The minimum atomic E-state index is -0.0805. The smallest absolute Gasteiger partial charge is 0.108 e. The van der Waals surface area contributed by atoms with Crippen molar-refractivity contribution in [3.8, 4) is 0 Å². The zero-order valence-corrected chi connectivity index (χ0v) is 9.81. The van der Waals surface area contributed by atoms with Crippen molar-refractivity contribution in [1.82, 2.24) is 5.32 Å². The highest BCUT2D eigenvalue weighted by atomic mass is 35.5. The number of nitrogens with one attached hydrogen (secondary N) is 1. The highest BCUT2D eigenvalue weighted by molar-refractivity contribution is 6.20. The lowest BCUT2D eigenvalue weighted by atomic mass is 10.0. The number of alkyl halides is 1. The molecule has 1 nitrogen and oxygen atoms in total. The van der Waals surface area contributed by atoms with Gasteiger partial charge in [0.15, 0.2) is 0 Å². The van der Waals surface area contributed by atoms with E-state index in [9.17, 15) is 0 Å². The molecule has 14 heavy (non-hydrogen) atoms. The van der Waals surface area contributed by atoms with E-state index in [0.29, 0.717) is 5.92 Å². The Bertz CT molecular complexity index is 266. The van der Waals surface area contributed by atoms with Crippen LogP contribution in [0.3, 0.4) is 0 Å². The fourth-order valence-corrected chi connectivity index (χ4v) is 1.61. The minimum absolute atomic E-state index is 0.0805. The molecular formula is C12H18ClN. The Labute approximate surface area is 91.5 Å². The summed E-state index contributed by atoms with van der Waals surface area (Å²) in [6, 6.07) is 8.49. The van der Waals surface area contributed by atoms with Crippen LogP contribution in [-0.4, -0.2) is 7.05 Å². The van der Waals surface area contributed by atoms with E-state index in [1.54, 1.807) is 0 Å². The second kappa shape index (κ2) is 5.38. The standard InChI is InChI=1S/C12H18ClN/c1-9(2)8-10-4-6-11(7-5-10)12(13)14-3/h4-7,9,12,14H,8H2,1-3H3. The molecule has 78 valence electrons. The Morgan fingerprint density at radius 2 is 1.79 bits per heavy atom. The van der Waals surface area contributed by atoms with Gasteiger partial charge in [0.1, 0.15) is 5.50 Å². The lowest BCUT2D eigenvalue weighted by Gasteiger charge is -2.10. The zero-order valence-electron chi connectivity index (χ0n) is 9.05. The number of hydrogen-bond donors (Lipinski definition) is 1. The Morgan fingerprint density at radius 1 is 1.21 bits per heavy atom. The summed E-state index contributed by atoms with van der Waals surface area (Å²) in [5, 5.41) is 3.01. The maximum atomic E-state index is 6.04. The molecule has 0 aromatic heterocycles. The molecule has 1 unspecified atom stereocenters. The van der Waals surface area contributed by atoms with Gasteiger partial charge < -0.3 is 5.32 Å². The average molecular weight is 212 g/mol. The molecule has 0 saturated carbocycles. The van der Waals surface area contributed by atoms with Gasteiger partial charge in [-0.25, -0.2) is 0 Å². The lowest BCUT2D eigenvalue weighted by molar-refractivity contribution is 0.647. The van der Waals surface area contributed by atoms with Crippen LogP contribution in [-0.2, 0) is 6.42 Å². The van der Waals surface area contributed by atoms with Crippen LogP contribution in [0.1, 0.15) is 30.5 Å². The first-order valence-electron chi connectivity index (χ1n) is 5.03. The molecule has 0 radical (unpaired) electrons. The first-order chi connectivity index (χ1) is 6.63. The molecule has 0 saturated heterocycles. The summed E-state index contributed by atoms with van der Waals surface area (Å²) in [6.07, 6.45) is 1.13. The molecule has 1 rings (SSSR count). The third kappa shape index (κ3) is 3.32. The monoisotopic (exact) mass is 211 g/mol. The fraction of sp³-hybridized carbons (Fsp3) is 0.500. The molecule has 0 bridgehead atoms. The summed E-state index contributed by atoms with van der Waals surface area (Å²) in [6.45, 7) is 4.46. The first-order valence-corrected chi connectivity index (χ1v) is 5.47. The van der Waals surface area contributed by atoms with Crippen molar-refractivity contribution >= 4 is 11.6 Å². The fourth-order valence-electron chi connectivity index (χ4n) is 1.46. The molecule has 1 aromatic carbocycles. The second-order valence-electron chi connectivity index (χ2n) is 3.99. The van der Waals surface area contributed by atoms with E-state index in [2.05, 4.69) is 43.4 Å². The molecule has 0 aliphatic heterocycles. The van der Waals surface area contributed by atoms with Gasteiger partial charge in [0.05, 0.1) is 0 Å². The normalized spacial score (nSPS) is 13.2. The van der Waals surface area contributed by atoms with Gasteiger partial charge in [-0.05, 0) is 30.5 Å². The van der Waals surface area contributed by atoms with Crippen molar-refractivity contribution in [2.45, 2.75) is 25.8 Å². The van der Waals surface area contributed by atoms with Crippen molar-refractivity contribution < 1.29 is 0 Å². The molecule has 0 aliphatic carbocycles. The summed E-state index contributed by atoms with van der Waals surface area (Å²) < 4.78 is 0. The van der Waals surface area contributed by atoms with Crippen LogP contribution in [0.15, 0.2) is 24.3 Å². The quantitative estimate of drug-likeness (QED) is 0.595. The maximum Gasteiger partial charge on any atom is 0.108 e. The molecule has 1 N–H and O–H groups in total. The van der Waals surface area contributed by atoms with E-state index in [-0.39, 0.29) is 5.50 Å². The summed E-state index contributed by atoms with van der Waals surface area (Å²) in [5.74, 6) is 0.706. The highest BCUT2D eigenvalue weighted by Gasteiger charge is 2.04. The van der Waals surface area contributed by atoms with Crippen LogP contribution < -0.4 is 5.32 Å². The Balaban J connectivity index is 2.68. The summed E-state index contributed by atoms with van der Waals surface area (Å²) in [5.41, 5.74) is 2.42. The number of benzene rings is 1. The molecule has 0 spiro atoms. The van der Waals surface area contributed by atoms with Gasteiger partial charge in [-0.2, -0.15) is 0 Å². The van der Waals surface area contributed by atoms with Crippen molar-refractivity contribution in [2.75, 3.05) is 7.05 Å². The van der Waals surface area contributed by atoms with E-state index < -0.39 is 0 Å². The van der Waals surface area contributed by atoms with Crippen LogP contribution in [0.25, 0.3) is 0 Å². The van der Waals surface area contributed by atoms with Gasteiger partial charge in [0.2, 0.25) is 0 Å². The summed E-state index contributed by atoms with van der Waals surface area (Å²) in [7, 11) is 1.86. The predicted octanol–water partition coefficient (Wildman–Crippen LogP) is 3.34.